The number of hydrogen-bond acceptors (Lipinski definition) is 1. The molecular weight excluding hydrogens is 258 g/mol. The molecule has 0 fully saturated rings. The van der Waals surface area contributed by atoms with Crippen LogP contribution in [0.4, 0.5) is 17.6 Å². The van der Waals surface area contributed by atoms with E-state index in [1.807, 2.05) is 0 Å². The Morgan fingerprint density at radius 3 is 2.47 bits per heavy atom. The molecule has 1 aromatic carbocycles. The van der Waals surface area contributed by atoms with Gasteiger partial charge in [-0.3, -0.25) is 0 Å². The van der Waals surface area contributed by atoms with Crippen molar-refractivity contribution in [2.24, 2.45) is 0 Å². The lowest BCUT2D eigenvalue weighted by atomic mass is 10.0. The summed E-state index contributed by atoms with van der Waals surface area (Å²) in [5.74, 6) is -0.504. The van der Waals surface area contributed by atoms with Gasteiger partial charge in [-0.15, -0.1) is 0 Å². The summed E-state index contributed by atoms with van der Waals surface area (Å²) in [7, 11) is 1.45. The van der Waals surface area contributed by atoms with Gasteiger partial charge < -0.3 is 5.32 Å². The van der Waals surface area contributed by atoms with Crippen LogP contribution >= 0.6 is 11.6 Å². The largest absolute Gasteiger partial charge is 0.390 e. The fraction of sp³-hybridized carbons (Fsp3) is 0.455. The molecule has 1 N–H and O–H groups in total. The Morgan fingerprint density at radius 2 is 2.00 bits per heavy atom. The van der Waals surface area contributed by atoms with Crippen molar-refractivity contribution in [2.45, 2.75) is 25.1 Å². The van der Waals surface area contributed by atoms with Crippen LogP contribution in [0.2, 0.25) is 5.02 Å². The van der Waals surface area contributed by atoms with E-state index in [-0.39, 0.29) is 11.4 Å². The van der Waals surface area contributed by atoms with Crippen LogP contribution in [0.15, 0.2) is 18.2 Å². The van der Waals surface area contributed by atoms with Crippen molar-refractivity contribution in [3.8, 4) is 0 Å². The second-order valence-electron chi connectivity index (χ2n) is 3.74. The Bertz CT molecular complexity index is 378. The fourth-order valence-electron chi connectivity index (χ4n) is 1.51. The van der Waals surface area contributed by atoms with Gasteiger partial charge in [0, 0.05) is 11.1 Å². The first-order valence-corrected chi connectivity index (χ1v) is 5.37. The highest BCUT2D eigenvalue weighted by atomic mass is 35.5. The number of alkyl halides is 3. The minimum absolute atomic E-state index is 0.106. The first-order valence-electron chi connectivity index (χ1n) is 5.00. The summed E-state index contributed by atoms with van der Waals surface area (Å²) in [5, 5.41) is 2.72. The van der Waals surface area contributed by atoms with Crippen molar-refractivity contribution in [1.82, 2.24) is 5.32 Å². The van der Waals surface area contributed by atoms with E-state index in [1.54, 1.807) is 0 Å². The first kappa shape index (κ1) is 14.3. The number of benzene rings is 1. The van der Waals surface area contributed by atoms with Crippen LogP contribution in [-0.2, 0) is 6.42 Å². The average Bonchev–Trinajstić information content (AvgIpc) is 2.19. The molecular formula is C11H12ClF4N. The minimum Gasteiger partial charge on any atom is -0.316 e. The van der Waals surface area contributed by atoms with Crippen LogP contribution in [-0.4, -0.2) is 19.3 Å². The summed E-state index contributed by atoms with van der Waals surface area (Å²) in [4.78, 5) is 0. The second-order valence-corrected chi connectivity index (χ2v) is 4.15. The van der Waals surface area contributed by atoms with Crippen LogP contribution in [0.5, 0.6) is 0 Å². The summed E-state index contributed by atoms with van der Waals surface area (Å²) in [5.41, 5.74) is 0.497. The van der Waals surface area contributed by atoms with Gasteiger partial charge in [-0.1, -0.05) is 17.7 Å². The topological polar surface area (TPSA) is 12.0 Å². The van der Waals surface area contributed by atoms with Gasteiger partial charge in [0.15, 0.2) is 0 Å². The summed E-state index contributed by atoms with van der Waals surface area (Å²) < 4.78 is 49.4. The summed E-state index contributed by atoms with van der Waals surface area (Å²) in [6.45, 7) is 0. The molecule has 0 aliphatic rings. The van der Waals surface area contributed by atoms with Gasteiger partial charge >= 0.3 is 6.18 Å². The van der Waals surface area contributed by atoms with Crippen molar-refractivity contribution in [2.75, 3.05) is 7.05 Å². The zero-order chi connectivity index (χ0) is 13.1. The van der Waals surface area contributed by atoms with E-state index in [1.165, 1.54) is 19.2 Å². The van der Waals surface area contributed by atoms with E-state index < -0.39 is 24.5 Å². The van der Waals surface area contributed by atoms with Crippen molar-refractivity contribution in [1.29, 1.82) is 0 Å². The number of rotatable bonds is 4. The number of hydrogen-bond donors (Lipinski definition) is 1. The highest BCUT2D eigenvalue weighted by Crippen LogP contribution is 2.25. The van der Waals surface area contributed by atoms with Crippen LogP contribution in [0.3, 0.4) is 0 Å². The molecule has 1 aromatic rings. The van der Waals surface area contributed by atoms with Crippen molar-refractivity contribution >= 4 is 11.6 Å². The molecule has 1 atom stereocenters. The third-order valence-corrected chi connectivity index (χ3v) is 2.72. The van der Waals surface area contributed by atoms with E-state index in [0.717, 1.165) is 6.07 Å². The summed E-state index contributed by atoms with van der Waals surface area (Å²) in [6.07, 6.45) is -5.08. The number of likely N-dealkylation sites (N-methyl/N-ethyl adjacent to an activating group) is 1. The molecule has 0 saturated carbocycles. The Hall–Kier alpha value is -0.810. The molecule has 0 saturated heterocycles. The predicted molar refractivity (Wildman–Crippen MR) is 58.6 cm³/mol. The molecule has 0 heterocycles. The van der Waals surface area contributed by atoms with Crippen molar-refractivity contribution < 1.29 is 17.6 Å². The Morgan fingerprint density at radius 1 is 1.35 bits per heavy atom. The molecule has 0 bridgehead atoms. The first-order chi connectivity index (χ1) is 7.81. The molecule has 6 heteroatoms. The maximum atomic E-state index is 12.8. The SMILES string of the molecule is CNC(Cc1ccc(F)cc1Cl)CC(F)(F)F. The normalized spacial score (nSPS) is 13.8. The molecule has 96 valence electrons. The predicted octanol–water partition coefficient (Wildman–Crippen LogP) is 3.56. The molecule has 1 nitrogen and oxygen atoms in total. The highest BCUT2D eigenvalue weighted by molar-refractivity contribution is 6.31. The van der Waals surface area contributed by atoms with Gasteiger partial charge in [0.25, 0.3) is 0 Å². The van der Waals surface area contributed by atoms with Gasteiger partial charge in [-0.2, -0.15) is 13.2 Å². The Labute approximate surface area is 102 Å². The lowest BCUT2D eigenvalue weighted by Gasteiger charge is -2.18. The lowest BCUT2D eigenvalue weighted by molar-refractivity contribution is -0.139. The summed E-state index contributed by atoms with van der Waals surface area (Å²) >= 11 is 5.75. The van der Waals surface area contributed by atoms with Crippen LogP contribution in [0.25, 0.3) is 0 Å². The van der Waals surface area contributed by atoms with Crippen LogP contribution in [0.1, 0.15) is 12.0 Å². The van der Waals surface area contributed by atoms with Gasteiger partial charge in [0.2, 0.25) is 0 Å². The summed E-state index contributed by atoms with van der Waals surface area (Å²) in [6, 6.07) is 2.91. The van der Waals surface area contributed by atoms with Crippen LogP contribution in [0, 0.1) is 5.82 Å². The monoisotopic (exact) mass is 269 g/mol. The molecule has 0 amide bonds. The maximum absolute atomic E-state index is 12.8. The molecule has 1 unspecified atom stereocenters. The highest BCUT2D eigenvalue weighted by Gasteiger charge is 2.31. The van der Waals surface area contributed by atoms with E-state index in [2.05, 4.69) is 5.32 Å². The number of halogens is 5. The van der Waals surface area contributed by atoms with Crippen molar-refractivity contribution in [3.05, 3.63) is 34.6 Å². The van der Waals surface area contributed by atoms with Gasteiger partial charge in [-0.05, 0) is 31.2 Å². The zero-order valence-electron chi connectivity index (χ0n) is 9.11. The molecule has 0 radical (unpaired) electrons. The van der Waals surface area contributed by atoms with Gasteiger partial charge in [-0.25, -0.2) is 4.39 Å². The van der Waals surface area contributed by atoms with E-state index in [4.69, 9.17) is 11.6 Å². The smallest absolute Gasteiger partial charge is 0.316 e. The standard InChI is InChI=1S/C11H12ClF4N/c1-17-9(6-11(14,15)16)4-7-2-3-8(13)5-10(7)12/h2-3,5,9,17H,4,6H2,1H3. The van der Waals surface area contributed by atoms with Crippen molar-refractivity contribution in [3.63, 3.8) is 0 Å². The minimum atomic E-state index is -4.24. The quantitative estimate of drug-likeness (QED) is 0.824. The Balaban J connectivity index is 2.74. The van der Waals surface area contributed by atoms with Crippen LogP contribution < -0.4 is 5.32 Å². The Kier molecular flexibility index (Phi) is 4.77. The molecule has 1 rings (SSSR count). The lowest BCUT2D eigenvalue weighted by Crippen LogP contribution is -2.33. The fourth-order valence-corrected chi connectivity index (χ4v) is 1.75. The molecule has 0 aliphatic heterocycles. The zero-order valence-corrected chi connectivity index (χ0v) is 9.87. The molecule has 0 aromatic heterocycles. The molecule has 0 spiro atoms. The average molecular weight is 270 g/mol. The maximum Gasteiger partial charge on any atom is 0.390 e. The van der Waals surface area contributed by atoms with E-state index >= 15 is 0 Å². The second kappa shape index (κ2) is 5.69. The molecule has 17 heavy (non-hydrogen) atoms. The molecule has 0 aliphatic carbocycles. The van der Waals surface area contributed by atoms with Gasteiger partial charge in [0.05, 0.1) is 6.42 Å². The van der Waals surface area contributed by atoms with E-state index in [9.17, 15) is 17.6 Å². The van der Waals surface area contributed by atoms with E-state index in [0.29, 0.717) is 5.56 Å². The third-order valence-electron chi connectivity index (χ3n) is 2.37. The number of nitrogens with one attached hydrogen (secondary N) is 1. The van der Waals surface area contributed by atoms with Gasteiger partial charge in [0.1, 0.15) is 5.82 Å². The third kappa shape index (κ3) is 4.91.